The monoisotopic (exact) mass is 414 g/mol. The van der Waals surface area contributed by atoms with Gasteiger partial charge < -0.3 is 4.90 Å². The fourth-order valence-electron chi connectivity index (χ4n) is 3.70. The molecule has 0 saturated carbocycles. The van der Waals surface area contributed by atoms with Crippen LogP contribution < -0.4 is 4.90 Å². The van der Waals surface area contributed by atoms with Gasteiger partial charge in [0, 0.05) is 17.4 Å². The Morgan fingerprint density at radius 3 is 2.68 bits per heavy atom. The van der Waals surface area contributed by atoms with E-state index in [1.807, 2.05) is 66.4 Å². The maximum Gasteiger partial charge on any atom is 0.248 e. The molecule has 2 saturated heterocycles. The molecular weight excluding hydrogens is 392 g/mol. The number of nitrogens with zero attached hydrogens (tertiary/aromatic N) is 2. The van der Waals surface area contributed by atoms with E-state index in [9.17, 15) is 13.2 Å². The van der Waals surface area contributed by atoms with Crippen LogP contribution in [0.15, 0.2) is 59.6 Å². The zero-order chi connectivity index (χ0) is 19.7. The second kappa shape index (κ2) is 7.72. The number of hydrogen-bond donors (Lipinski definition) is 0. The summed E-state index contributed by atoms with van der Waals surface area (Å²) < 4.78 is 24.3. The molecule has 28 heavy (non-hydrogen) atoms. The maximum atomic E-state index is 12.5. The molecule has 0 aliphatic carbocycles. The van der Waals surface area contributed by atoms with Gasteiger partial charge in [-0.2, -0.15) is 4.99 Å². The SMILES string of the molecule is Cc1cccc(N2C(=NC(=O)CCc3ccccc3)SC3CS(=O)(=O)CC32)c1. The minimum absolute atomic E-state index is 0.0776. The Hall–Kier alpha value is -2.12. The average Bonchev–Trinajstić information content (AvgIpc) is 3.11. The molecule has 2 aromatic carbocycles. The second-order valence-electron chi connectivity index (χ2n) is 7.28. The van der Waals surface area contributed by atoms with E-state index in [4.69, 9.17) is 0 Å². The fourth-order valence-corrected chi connectivity index (χ4v) is 7.63. The minimum atomic E-state index is -3.06. The molecule has 2 atom stereocenters. The van der Waals surface area contributed by atoms with Crippen LogP contribution in [0.3, 0.4) is 0 Å². The van der Waals surface area contributed by atoms with Crippen molar-refractivity contribution in [2.45, 2.75) is 31.1 Å². The third kappa shape index (κ3) is 4.15. The molecule has 2 aliphatic rings. The van der Waals surface area contributed by atoms with E-state index in [0.717, 1.165) is 16.8 Å². The zero-order valence-electron chi connectivity index (χ0n) is 15.6. The number of anilines is 1. The second-order valence-corrected chi connectivity index (χ2v) is 10.6. The lowest BCUT2D eigenvalue weighted by atomic mass is 10.1. The smallest absolute Gasteiger partial charge is 0.248 e. The number of amides is 1. The predicted molar refractivity (Wildman–Crippen MR) is 115 cm³/mol. The highest BCUT2D eigenvalue weighted by Gasteiger charge is 2.49. The summed E-state index contributed by atoms with van der Waals surface area (Å²) in [6.07, 6.45) is 0.982. The Balaban J connectivity index is 1.58. The van der Waals surface area contributed by atoms with Crippen LogP contribution >= 0.6 is 11.8 Å². The van der Waals surface area contributed by atoms with Gasteiger partial charge in [-0.1, -0.05) is 54.2 Å². The first kappa shape index (κ1) is 19.2. The first-order valence-electron chi connectivity index (χ1n) is 9.30. The van der Waals surface area contributed by atoms with Crippen molar-refractivity contribution in [3.8, 4) is 0 Å². The summed E-state index contributed by atoms with van der Waals surface area (Å²) in [5, 5.41) is 0.541. The van der Waals surface area contributed by atoms with Crippen LogP contribution in [0, 0.1) is 6.92 Å². The van der Waals surface area contributed by atoms with Crippen molar-refractivity contribution in [3.63, 3.8) is 0 Å². The van der Waals surface area contributed by atoms with Crippen molar-refractivity contribution in [1.82, 2.24) is 0 Å². The highest BCUT2D eigenvalue weighted by Crippen LogP contribution is 2.41. The van der Waals surface area contributed by atoms with Crippen LogP contribution in [-0.2, 0) is 21.1 Å². The third-order valence-corrected chi connectivity index (χ3v) is 8.25. The van der Waals surface area contributed by atoms with Gasteiger partial charge in [-0.3, -0.25) is 4.79 Å². The van der Waals surface area contributed by atoms with Crippen LogP contribution in [0.2, 0.25) is 0 Å². The van der Waals surface area contributed by atoms with Gasteiger partial charge in [-0.25, -0.2) is 8.42 Å². The van der Waals surface area contributed by atoms with Crippen molar-refractivity contribution in [2.75, 3.05) is 16.4 Å². The standard InChI is InChI=1S/C21H22N2O3S2/c1-15-6-5-9-17(12-15)23-18-13-28(25,26)14-19(18)27-21(23)22-20(24)11-10-16-7-3-2-4-8-16/h2-9,12,18-19H,10-11,13-14H2,1H3. The molecule has 146 valence electrons. The fraction of sp³-hybridized carbons (Fsp3) is 0.333. The summed E-state index contributed by atoms with van der Waals surface area (Å²) in [7, 11) is -3.06. The largest absolute Gasteiger partial charge is 0.316 e. The first-order valence-corrected chi connectivity index (χ1v) is 12.0. The van der Waals surface area contributed by atoms with Crippen molar-refractivity contribution < 1.29 is 13.2 Å². The van der Waals surface area contributed by atoms with E-state index in [0.29, 0.717) is 18.0 Å². The molecule has 0 aromatic heterocycles. The molecule has 0 spiro atoms. The van der Waals surface area contributed by atoms with Gasteiger partial charge >= 0.3 is 0 Å². The number of carbonyl (C=O) groups is 1. The summed E-state index contributed by atoms with van der Waals surface area (Å²) in [5.41, 5.74) is 3.09. The number of hydrogen-bond acceptors (Lipinski definition) is 4. The highest BCUT2D eigenvalue weighted by atomic mass is 32.2. The van der Waals surface area contributed by atoms with Crippen molar-refractivity contribution in [2.24, 2.45) is 4.99 Å². The van der Waals surface area contributed by atoms with Gasteiger partial charge in [0.1, 0.15) is 0 Å². The average molecular weight is 415 g/mol. The molecule has 2 unspecified atom stereocenters. The topological polar surface area (TPSA) is 66.8 Å². The van der Waals surface area contributed by atoms with Crippen LogP contribution in [0.1, 0.15) is 17.5 Å². The summed E-state index contributed by atoms with van der Waals surface area (Å²) in [6, 6.07) is 17.6. The molecule has 7 heteroatoms. The lowest BCUT2D eigenvalue weighted by Gasteiger charge is -2.24. The van der Waals surface area contributed by atoms with E-state index in [-0.39, 0.29) is 28.7 Å². The number of rotatable bonds is 4. The normalized spacial score (nSPS) is 24.5. The quantitative estimate of drug-likeness (QED) is 0.768. The molecule has 2 heterocycles. The zero-order valence-corrected chi connectivity index (χ0v) is 17.2. The molecule has 2 aromatic rings. The van der Waals surface area contributed by atoms with Crippen LogP contribution in [-0.4, -0.2) is 42.3 Å². The molecule has 0 bridgehead atoms. The summed E-state index contributed by atoms with van der Waals surface area (Å²) in [5.74, 6) is 0.0735. The summed E-state index contributed by atoms with van der Waals surface area (Å²) >= 11 is 1.42. The molecule has 4 rings (SSSR count). The van der Waals surface area contributed by atoms with Gasteiger partial charge in [0.2, 0.25) is 5.91 Å². The number of carbonyl (C=O) groups excluding carboxylic acids is 1. The van der Waals surface area contributed by atoms with Gasteiger partial charge in [0.15, 0.2) is 15.0 Å². The third-order valence-electron chi connectivity index (χ3n) is 5.04. The van der Waals surface area contributed by atoms with Crippen molar-refractivity contribution in [1.29, 1.82) is 0 Å². The number of amidine groups is 1. The summed E-state index contributed by atoms with van der Waals surface area (Å²) in [6.45, 7) is 2.00. The minimum Gasteiger partial charge on any atom is -0.316 e. The van der Waals surface area contributed by atoms with Gasteiger partial charge in [-0.05, 0) is 36.6 Å². The molecule has 5 nitrogen and oxygen atoms in total. The van der Waals surface area contributed by atoms with E-state index in [1.54, 1.807) is 0 Å². The first-order chi connectivity index (χ1) is 13.4. The predicted octanol–water partition coefficient (Wildman–Crippen LogP) is 3.23. The van der Waals surface area contributed by atoms with Crippen LogP contribution in [0.5, 0.6) is 0 Å². The Kier molecular flexibility index (Phi) is 5.29. The number of aryl methyl sites for hydroxylation is 2. The Labute approximate surface area is 169 Å². The van der Waals surface area contributed by atoms with E-state index in [2.05, 4.69) is 4.99 Å². The number of fused-ring (bicyclic) bond motifs is 1. The number of aliphatic imine (C=N–C) groups is 1. The molecule has 2 aliphatic heterocycles. The molecule has 0 radical (unpaired) electrons. The lowest BCUT2D eigenvalue weighted by molar-refractivity contribution is -0.117. The van der Waals surface area contributed by atoms with Gasteiger partial charge in [0.05, 0.1) is 17.5 Å². The maximum absolute atomic E-state index is 12.5. The Morgan fingerprint density at radius 1 is 1.14 bits per heavy atom. The van der Waals surface area contributed by atoms with Crippen LogP contribution in [0.25, 0.3) is 0 Å². The van der Waals surface area contributed by atoms with Crippen molar-refractivity contribution in [3.05, 3.63) is 65.7 Å². The molecular formula is C21H22N2O3S2. The van der Waals surface area contributed by atoms with Crippen molar-refractivity contribution >= 4 is 38.4 Å². The lowest BCUT2D eigenvalue weighted by Crippen LogP contribution is -2.37. The number of sulfone groups is 1. The number of benzene rings is 2. The highest BCUT2D eigenvalue weighted by molar-refractivity contribution is 8.16. The van der Waals surface area contributed by atoms with E-state index < -0.39 is 9.84 Å². The van der Waals surface area contributed by atoms with Gasteiger partial charge in [0.25, 0.3) is 0 Å². The molecule has 1 amide bonds. The van der Waals surface area contributed by atoms with Crippen LogP contribution in [0.4, 0.5) is 5.69 Å². The summed E-state index contributed by atoms with van der Waals surface area (Å²) in [4.78, 5) is 18.8. The molecule has 2 fully saturated rings. The van der Waals surface area contributed by atoms with E-state index in [1.165, 1.54) is 11.8 Å². The Bertz CT molecular complexity index is 1020. The molecule has 0 N–H and O–H groups in total. The Morgan fingerprint density at radius 2 is 1.93 bits per heavy atom. The van der Waals surface area contributed by atoms with Gasteiger partial charge in [-0.15, -0.1) is 0 Å². The van der Waals surface area contributed by atoms with E-state index >= 15 is 0 Å². The number of thioether (sulfide) groups is 1.